The fourth-order valence-corrected chi connectivity index (χ4v) is 9.29. The number of non-ortho nitro benzene ring substituents is 1. The Hall–Kier alpha value is -2.68. The van der Waals surface area contributed by atoms with Crippen LogP contribution in [0.25, 0.3) is 0 Å². The maximum Gasteiger partial charge on any atom is 0.269 e. The molecule has 0 saturated heterocycles. The molecule has 0 aliphatic heterocycles. The Morgan fingerprint density at radius 1 is 0.652 bits per heavy atom. The second kappa shape index (κ2) is 32.2. The molecule has 0 radical (unpaired) electrons. The number of carbonyl (C=O) groups excluding carboxylic acids is 2. The quantitative estimate of drug-likeness (QED) is 0.0397. The number of Topliss-reactive ketones (excluding diaryl/α,β-unsaturated/α-hetero) is 1. The van der Waals surface area contributed by atoms with Crippen molar-refractivity contribution in [3.05, 3.63) is 190 Å². The molecule has 0 aliphatic carbocycles. The molecule has 6 aromatic rings. The lowest BCUT2D eigenvalue weighted by molar-refractivity contribution is -0.384. The number of hydrogen-bond acceptors (Lipinski definition) is 11. The van der Waals surface area contributed by atoms with E-state index in [0.717, 1.165) is 32.0 Å². The van der Waals surface area contributed by atoms with E-state index in [-0.39, 0.29) is 23.0 Å². The summed E-state index contributed by atoms with van der Waals surface area (Å²) >= 11 is 55.2. The van der Waals surface area contributed by atoms with Gasteiger partial charge in [0.05, 0.1) is 10.5 Å². The highest BCUT2D eigenvalue weighted by molar-refractivity contribution is 8.04. The average molecular weight is 1150 g/mol. The van der Waals surface area contributed by atoms with E-state index in [1.165, 1.54) is 66.5 Å². The summed E-state index contributed by atoms with van der Waals surface area (Å²) < 4.78 is -2.76. The number of nitro benzene ring substituents is 1. The Morgan fingerprint density at radius 2 is 1.06 bits per heavy atom. The maximum absolute atomic E-state index is 12.0. The van der Waals surface area contributed by atoms with Gasteiger partial charge in [0.15, 0.2) is 24.1 Å². The van der Waals surface area contributed by atoms with E-state index in [4.69, 9.17) is 121 Å². The normalized spacial score (nSPS) is 10.4. The Bertz CT molecular complexity index is 2430. The molecule has 0 fully saturated rings. The van der Waals surface area contributed by atoms with Crippen LogP contribution in [0, 0.1) is 21.4 Å². The Morgan fingerprint density at radius 3 is 1.47 bits per heavy atom. The molecule has 0 atom stereocenters. The van der Waals surface area contributed by atoms with Crippen molar-refractivity contribution in [3.63, 3.8) is 0 Å². The van der Waals surface area contributed by atoms with Gasteiger partial charge in [-0.15, -0.1) is 0 Å². The molecule has 0 aromatic heterocycles. The van der Waals surface area contributed by atoms with Gasteiger partial charge in [-0.25, -0.2) is 0 Å². The lowest BCUT2D eigenvalue weighted by atomic mass is 10.0. The van der Waals surface area contributed by atoms with Crippen LogP contribution in [0.2, 0.25) is 0 Å². The van der Waals surface area contributed by atoms with Crippen LogP contribution < -0.4 is 5.73 Å². The number of thioether (sulfide) groups is 4. The summed E-state index contributed by atoms with van der Waals surface area (Å²) in [6.07, 6.45) is 0. The number of alkyl halides is 9. The zero-order valence-corrected chi connectivity index (χ0v) is 44.0. The Balaban J connectivity index is 0.000000286. The Labute approximate surface area is 445 Å². The summed E-state index contributed by atoms with van der Waals surface area (Å²) in [6.45, 7) is 2.10. The van der Waals surface area contributed by atoms with Crippen LogP contribution in [0.5, 0.6) is 5.75 Å². The molecule has 0 spiro atoms. The highest BCUT2D eigenvalue weighted by Crippen LogP contribution is 2.44. The summed E-state index contributed by atoms with van der Waals surface area (Å²) in [5, 5.41) is 28.1. The first-order valence-electron chi connectivity index (χ1n) is 18.3. The predicted octanol–water partition coefficient (Wildman–Crippen LogP) is 16.8. The smallest absolute Gasteiger partial charge is 0.269 e. The summed E-state index contributed by atoms with van der Waals surface area (Å²) in [5.74, 6) is 0.167. The number of carbonyl (C=O) groups is 2. The van der Waals surface area contributed by atoms with E-state index in [2.05, 4.69) is 0 Å². The van der Waals surface area contributed by atoms with Gasteiger partial charge in [0.1, 0.15) is 11.8 Å². The molecule has 0 saturated carbocycles. The molecule has 6 rings (SSSR count). The number of nitrogens with two attached hydrogens (primary N) is 1. The second-order valence-electron chi connectivity index (χ2n) is 12.2. The van der Waals surface area contributed by atoms with E-state index < -0.39 is 20.6 Å². The largest absolute Gasteiger partial charge is 0.508 e. The number of halogens is 9. The van der Waals surface area contributed by atoms with Crippen LogP contribution in [0.1, 0.15) is 44.3 Å². The van der Waals surface area contributed by atoms with E-state index >= 15 is 0 Å². The lowest BCUT2D eigenvalue weighted by Gasteiger charge is -2.10. The van der Waals surface area contributed by atoms with Gasteiger partial charge in [-0.1, -0.05) is 218 Å². The molecule has 0 aliphatic rings. The third-order valence-electron chi connectivity index (χ3n) is 7.54. The number of nitrogens with zero attached hydrogens (tertiary/aromatic N) is 2. The summed E-state index contributed by atoms with van der Waals surface area (Å²) in [4.78, 5) is 36.5. The predicted molar refractivity (Wildman–Crippen MR) is 283 cm³/mol. The molecular formula is C45H36Cl9N3O5S4. The van der Waals surface area contributed by atoms with Crippen molar-refractivity contribution in [1.29, 1.82) is 5.26 Å². The van der Waals surface area contributed by atoms with Gasteiger partial charge in [0.25, 0.3) is 5.69 Å². The third kappa shape index (κ3) is 25.6. The molecule has 3 N–H and O–H groups in total. The topological polar surface area (TPSA) is 147 Å². The van der Waals surface area contributed by atoms with Gasteiger partial charge < -0.3 is 10.8 Å². The lowest BCUT2D eigenvalue weighted by Crippen LogP contribution is -2.00. The average Bonchev–Trinajstić information content (AvgIpc) is 3.28. The number of nitriles is 1. The zero-order chi connectivity index (χ0) is 49.2. The van der Waals surface area contributed by atoms with Crippen LogP contribution in [0.3, 0.4) is 0 Å². The van der Waals surface area contributed by atoms with Crippen LogP contribution in [0.4, 0.5) is 5.69 Å². The minimum atomic E-state index is -1.42. The molecule has 21 heteroatoms. The van der Waals surface area contributed by atoms with Gasteiger partial charge in [-0.2, -0.15) is 5.26 Å². The third-order valence-corrected chi connectivity index (χ3v) is 12.8. The minimum Gasteiger partial charge on any atom is -0.508 e. The number of rotatable bonds is 12. The van der Waals surface area contributed by atoms with Crippen LogP contribution in [-0.4, -0.2) is 37.2 Å². The van der Waals surface area contributed by atoms with Gasteiger partial charge in [-0.05, 0) is 85.3 Å². The number of phenols is 1. The van der Waals surface area contributed by atoms with Gasteiger partial charge >= 0.3 is 0 Å². The number of ketones is 2. The fraction of sp³-hybridized carbons (Fsp3) is 0.133. The number of nitro groups is 1. The number of aromatic hydroxyl groups is 1. The van der Waals surface area contributed by atoms with Crippen molar-refractivity contribution < 1.29 is 19.6 Å². The molecule has 348 valence electrons. The zero-order valence-electron chi connectivity index (χ0n) is 34.0. The van der Waals surface area contributed by atoms with Crippen molar-refractivity contribution >= 4 is 169 Å². The summed E-state index contributed by atoms with van der Waals surface area (Å²) in [5.41, 5.74) is 8.76. The van der Waals surface area contributed by atoms with Crippen molar-refractivity contribution in [2.24, 2.45) is 5.73 Å². The van der Waals surface area contributed by atoms with Crippen molar-refractivity contribution in [1.82, 2.24) is 0 Å². The van der Waals surface area contributed by atoms with Crippen LogP contribution >= 0.6 is 151 Å². The van der Waals surface area contributed by atoms with Crippen molar-refractivity contribution in [2.45, 2.75) is 48.7 Å². The monoisotopic (exact) mass is 1140 g/mol. The molecule has 0 amide bonds. The van der Waals surface area contributed by atoms with Crippen LogP contribution in [-0.2, 0) is 6.54 Å². The second-order valence-corrected chi connectivity index (χ2v) is 24.8. The summed E-state index contributed by atoms with van der Waals surface area (Å²) in [6, 6.07) is 45.2. The molecule has 6 aromatic carbocycles. The highest BCUT2D eigenvalue weighted by atomic mass is 35.6. The molecule has 0 heterocycles. The van der Waals surface area contributed by atoms with Gasteiger partial charge in [0.2, 0.25) is 3.12 Å². The Kier molecular flexibility index (Phi) is 29.0. The highest BCUT2D eigenvalue weighted by Gasteiger charge is 2.22. The number of hydrogen-bond donors (Lipinski definition) is 2. The number of phenolic OH excluding ortho intramolecular Hbond substituents is 1. The maximum atomic E-state index is 12.0. The van der Waals surface area contributed by atoms with E-state index in [9.17, 15) is 19.7 Å². The van der Waals surface area contributed by atoms with E-state index in [0.29, 0.717) is 33.7 Å². The first-order valence-corrected chi connectivity index (χ1v) is 25.5. The molecule has 0 unspecified atom stereocenters. The van der Waals surface area contributed by atoms with E-state index in [1.807, 2.05) is 48.5 Å². The summed E-state index contributed by atoms with van der Waals surface area (Å²) in [7, 11) is 0. The molecular weight excluding hydrogens is 1110 g/mol. The SMILES string of the molecule is CC(=O)c1ccc(SC(Cl)Cl)cc1.N#Cc1ccccc1SC(Cl)(Cl)Cl.NCc1ccc(SC(Cl)Cl)cc1.O=C(c1ccccc1)c1ccc([N+](=O)[O-])cc1.Oc1ccc(SC(Cl)Cl)cc1. The van der Waals surface area contributed by atoms with Gasteiger partial charge in [0, 0.05) is 54.9 Å². The fourth-order valence-electron chi connectivity index (χ4n) is 4.57. The molecule has 0 bridgehead atoms. The van der Waals surface area contributed by atoms with Crippen molar-refractivity contribution in [2.75, 3.05) is 0 Å². The van der Waals surface area contributed by atoms with Crippen molar-refractivity contribution in [3.8, 4) is 11.8 Å². The van der Waals surface area contributed by atoms with Gasteiger partial charge in [-0.3, -0.25) is 19.7 Å². The number of benzene rings is 6. The molecule has 8 nitrogen and oxygen atoms in total. The van der Waals surface area contributed by atoms with E-state index in [1.54, 1.807) is 84.9 Å². The van der Waals surface area contributed by atoms with Crippen LogP contribution in [0.15, 0.2) is 171 Å². The minimum absolute atomic E-state index is 0.0189. The standard InChI is InChI=1S/C13H9NO3.C9H8Cl2OS.C8H4Cl3NS.C8H9Cl2NS.C7H6Cl2OS/c15-13(10-4-2-1-3-5-10)11-6-8-12(9-7-11)14(16)17;1-6(12)7-2-4-8(5-3-7)13-9(10)11;9-8(10,11)13-7-4-2-1-3-6(7)5-12;9-8(10)12-7-3-1-6(5-11)2-4-7;8-7(9)11-6-3-1-5(10)2-4-6/h1-9H;2-5,9H,1H3;1-4H;1-4,8H,5,11H2;1-4,7,10H. The molecule has 66 heavy (non-hydrogen) atoms. The first-order chi connectivity index (χ1) is 31.2. The first kappa shape index (κ1) is 59.4.